The van der Waals surface area contributed by atoms with Crippen LogP contribution in [-0.4, -0.2) is 0 Å². The van der Waals surface area contributed by atoms with E-state index in [9.17, 15) is 4.79 Å². The fourth-order valence-electron chi connectivity index (χ4n) is 2.92. The Labute approximate surface area is 126 Å². The number of furan rings is 1. The second kappa shape index (κ2) is 4.60. The predicted molar refractivity (Wildman–Crippen MR) is 87.2 cm³/mol. The Hall–Kier alpha value is -2.81. The number of benzene rings is 2. The highest BCUT2D eigenvalue weighted by atomic mass is 16.4. The molecule has 0 amide bonds. The maximum Gasteiger partial charge on any atom is 0.336 e. The molecule has 0 aliphatic rings. The number of hydrogen-bond donors (Lipinski definition) is 0. The van der Waals surface area contributed by atoms with Crippen molar-refractivity contribution in [1.82, 2.24) is 0 Å². The molecule has 0 atom stereocenters. The van der Waals surface area contributed by atoms with Gasteiger partial charge in [0.1, 0.15) is 11.2 Å². The molecule has 2 heterocycles. The minimum Gasteiger partial charge on any atom is -0.463 e. The van der Waals surface area contributed by atoms with Crippen molar-refractivity contribution < 1.29 is 8.83 Å². The molecule has 0 spiro atoms. The van der Waals surface area contributed by atoms with E-state index in [4.69, 9.17) is 8.83 Å². The largest absolute Gasteiger partial charge is 0.463 e. The van der Waals surface area contributed by atoms with E-state index in [0.717, 1.165) is 38.6 Å². The molecule has 0 unspecified atom stereocenters. The smallest absolute Gasteiger partial charge is 0.336 e. The van der Waals surface area contributed by atoms with Gasteiger partial charge < -0.3 is 8.83 Å². The van der Waals surface area contributed by atoms with E-state index in [-0.39, 0.29) is 5.63 Å². The molecule has 0 fully saturated rings. The van der Waals surface area contributed by atoms with Crippen molar-refractivity contribution >= 4 is 21.9 Å². The summed E-state index contributed by atoms with van der Waals surface area (Å²) >= 11 is 0. The van der Waals surface area contributed by atoms with Crippen LogP contribution in [0.25, 0.3) is 33.1 Å². The molecule has 0 saturated carbocycles. The first-order valence-corrected chi connectivity index (χ1v) is 7.16. The lowest BCUT2D eigenvalue weighted by atomic mass is 9.97. The average molecular weight is 290 g/mol. The SMILES string of the molecule is Cc1coc2c(-c3ccccc3)c3oc(=O)cc(C)c3cc12. The molecule has 0 saturated heterocycles. The zero-order chi connectivity index (χ0) is 15.3. The quantitative estimate of drug-likeness (QED) is 0.472. The number of fused-ring (bicyclic) bond motifs is 2. The first-order valence-electron chi connectivity index (χ1n) is 7.16. The maximum absolute atomic E-state index is 11.8. The van der Waals surface area contributed by atoms with Crippen LogP contribution in [0.5, 0.6) is 0 Å². The molecular weight excluding hydrogens is 276 g/mol. The van der Waals surface area contributed by atoms with Crippen LogP contribution in [-0.2, 0) is 0 Å². The molecule has 0 aliphatic heterocycles. The summed E-state index contributed by atoms with van der Waals surface area (Å²) in [5, 5.41) is 1.98. The second-order valence-electron chi connectivity index (χ2n) is 5.54. The number of rotatable bonds is 1. The van der Waals surface area contributed by atoms with E-state index in [0.29, 0.717) is 5.58 Å². The van der Waals surface area contributed by atoms with Gasteiger partial charge in [-0.3, -0.25) is 0 Å². The summed E-state index contributed by atoms with van der Waals surface area (Å²) in [4.78, 5) is 11.8. The molecule has 4 aromatic rings. The first-order chi connectivity index (χ1) is 10.6. The van der Waals surface area contributed by atoms with Crippen molar-refractivity contribution in [1.29, 1.82) is 0 Å². The fraction of sp³-hybridized carbons (Fsp3) is 0.105. The molecule has 0 bridgehead atoms. The third-order valence-corrected chi connectivity index (χ3v) is 4.03. The van der Waals surface area contributed by atoms with Crippen LogP contribution in [0.4, 0.5) is 0 Å². The molecule has 4 rings (SSSR count). The van der Waals surface area contributed by atoms with Gasteiger partial charge in [-0.25, -0.2) is 4.79 Å². The topological polar surface area (TPSA) is 43.4 Å². The molecule has 3 nitrogen and oxygen atoms in total. The van der Waals surface area contributed by atoms with Gasteiger partial charge in [-0.15, -0.1) is 0 Å². The zero-order valence-electron chi connectivity index (χ0n) is 12.3. The molecule has 0 N–H and O–H groups in total. The van der Waals surface area contributed by atoms with E-state index in [1.807, 2.05) is 50.2 Å². The Balaban J connectivity index is 2.30. The predicted octanol–water partition coefficient (Wildman–Crippen LogP) is 4.82. The van der Waals surface area contributed by atoms with Crippen molar-refractivity contribution in [2.24, 2.45) is 0 Å². The van der Waals surface area contributed by atoms with Crippen LogP contribution in [0.15, 0.2) is 62.4 Å². The summed E-state index contributed by atoms with van der Waals surface area (Å²) in [6, 6.07) is 13.4. The summed E-state index contributed by atoms with van der Waals surface area (Å²) in [6.07, 6.45) is 1.74. The molecular formula is C19H14O3. The number of aryl methyl sites for hydroxylation is 2. The lowest BCUT2D eigenvalue weighted by Gasteiger charge is -2.08. The highest BCUT2D eigenvalue weighted by molar-refractivity contribution is 6.09. The third-order valence-electron chi connectivity index (χ3n) is 4.03. The van der Waals surface area contributed by atoms with Gasteiger partial charge >= 0.3 is 5.63 Å². The van der Waals surface area contributed by atoms with E-state index in [1.165, 1.54) is 6.07 Å². The molecule has 0 aliphatic carbocycles. The van der Waals surface area contributed by atoms with E-state index in [1.54, 1.807) is 6.26 Å². The highest BCUT2D eigenvalue weighted by Gasteiger charge is 2.17. The maximum atomic E-state index is 11.8. The molecule has 108 valence electrons. The van der Waals surface area contributed by atoms with Gasteiger partial charge in [0.2, 0.25) is 0 Å². The van der Waals surface area contributed by atoms with Gasteiger partial charge in [0, 0.05) is 16.8 Å². The molecule has 0 radical (unpaired) electrons. The van der Waals surface area contributed by atoms with Gasteiger partial charge in [0.15, 0.2) is 0 Å². The minimum atomic E-state index is -0.343. The normalized spacial score (nSPS) is 11.4. The monoisotopic (exact) mass is 290 g/mol. The highest BCUT2D eigenvalue weighted by Crippen LogP contribution is 2.38. The Morgan fingerprint density at radius 1 is 0.864 bits per heavy atom. The van der Waals surface area contributed by atoms with Crippen LogP contribution in [0, 0.1) is 13.8 Å². The van der Waals surface area contributed by atoms with Crippen molar-refractivity contribution in [2.75, 3.05) is 0 Å². The van der Waals surface area contributed by atoms with Crippen molar-refractivity contribution in [2.45, 2.75) is 13.8 Å². The Kier molecular flexibility index (Phi) is 2.70. The zero-order valence-corrected chi connectivity index (χ0v) is 12.3. The van der Waals surface area contributed by atoms with Gasteiger partial charge in [0.25, 0.3) is 0 Å². The first kappa shape index (κ1) is 12.9. The fourth-order valence-corrected chi connectivity index (χ4v) is 2.92. The Morgan fingerprint density at radius 2 is 1.59 bits per heavy atom. The van der Waals surface area contributed by atoms with Gasteiger partial charge in [0.05, 0.1) is 11.8 Å². The number of hydrogen-bond acceptors (Lipinski definition) is 3. The Morgan fingerprint density at radius 3 is 2.36 bits per heavy atom. The van der Waals surface area contributed by atoms with E-state index >= 15 is 0 Å². The lowest BCUT2D eigenvalue weighted by molar-refractivity contribution is 0.559. The summed E-state index contributed by atoms with van der Waals surface area (Å²) in [5.74, 6) is 0. The van der Waals surface area contributed by atoms with Crippen molar-refractivity contribution in [3.8, 4) is 11.1 Å². The summed E-state index contributed by atoms with van der Waals surface area (Å²) in [6.45, 7) is 3.94. The summed E-state index contributed by atoms with van der Waals surface area (Å²) in [7, 11) is 0. The van der Waals surface area contributed by atoms with Gasteiger partial charge in [-0.2, -0.15) is 0 Å². The summed E-state index contributed by atoms with van der Waals surface area (Å²) in [5.41, 5.74) is 4.78. The van der Waals surface area contributed by atoms with Gasteiger partial charge in [-0.1, -0.05) is 30.3 Å². The van der Waals surface area contributed by atoms with E-state index in [2.05, 4.69) is 0 Å². The van der Waals surface area contributed by atoms with Crippen molar-refractivity contribution in [3.63, 3.8) is 0 Å². The van der Waals surface area contributed by atoms with Crippen LogP contribution >= 0.6 is 0 Å². The summed E-state index contributed by atoms with van der Waals surface area (Å²) < 4.78 is 11.3. The Bertz CT molecular complexity index is 1050. The van der Waals surface area contributed by atoms with Crippen LogP contribution in [0.1, 0.15) is 11.1 Å². The minimum absolute atomic E-state index is 0.343. The van der Waals surface area contributed by atoms with Crippen LogP contribution in [0.2, 0.25) is 0 Å². The van der Waals surface area contributed by atoms with E-state index < -0.39 is 0 Å². The second-order valence-corrected chi connectivity index (χ2v) is 5.54. The van der Waals surface area contributed by atoms with Gasteiger partial charge in [-0.05, 0) is 36.6 Å². The molecule has 22 heavy (non-hydrogen) atoms. The third kappa shape index (κ3) is 1.79. The lowest BCUT2D eigenvalue weighted by Crippen LogP contribution is -1.99. The van der Waals surface area contributed by atoms with Crippen LogP contribution in [0.3, 0.4) is 0 Å². The van der Waals surface area contributed by atoms with Crippen LogP contribution < -0.4 is 5.63 Å². The van der Waals surface area contributed by atoms with Crippen molar-refractivity contribution in [3.05, 3.63) is 70.3 Å². The average Bonchev–Trinajstić information content (AvgIpc) is 2.87. The molecule has 2 aromatic carbocycles. The molecule has 3 heteroatoms. The standard InChI is InChI=1S/C19H14O3/c1-11-8-16(20)22-19-14(11)9-15-12(2)10-21-18(15)17(19)13-6-4-3-5-7-13/h3-10H,1-2H3. The molecule has 2 aromatic heterocycles.